The number of rotatable bonds is 3. The summed E-state index contributed by atoms with van der Waals surface area (Å²) in [7, 11) is 3.34. The molecule has 0 unspecified atom stereocenters. The number of nitriles is 1. The third kappa shape index (κ3) is 3.05. The first-order chi connectivity index (χ1) is 7.95. The largest absolute Gasteiger partial charge is 0.478 e. The summed E-state index contributed by atoms with van der Waals surface area (Å²) in [5.41, 5.74) is 0.0874. The molecule has 88 valence electrons. The minimum Gasteiger partial charge on any atom is -0.478 e. The topological polar surface area (TPSA) is 64.3 Å². The SMILES string of the molecule is CN(C)/C=C(/C(=O)O)c1ccc(C#N)c(F)c1. The first kappa shape index (κ1) is 12.7. The van der Waals surface area contributed by atoms with Crippen LogP contribution in [-0.4, -0.2) is 30.1 Å². The van der Waals surface area contributed by atoms with Gasteiger partial charge < -0.3 is 10.0 Å². The van der Waals surface area contributed by atoms with Gasteiger partial charge >= 0.3 is 5.97 Å². The third-order valence-electron chi connectivity index (χ3n) is 2.02. The highest BCUT2D eigenvalue weighted by molar-refractivity contribution is 6.15. The fraction of sp³-hybridized carbons (Fsp3) is 0.167. The van der Waals surface area contributed by atoms with Crippen molar-refractivity contribution in [2.45, 2.75) is 0 Å². The van der Waals surface area contributed by atoms with E-state index in [0.717, 1.165) is 6.07 Å². The molecular formula is C12H11FN2O2. The molecule has 4 nitrogen and oxygen atoms in total. The van der Waals surface area contributed by atoms with Crippen LogP contribution in [-0.2, 0) is 4.79 Å². The van der Waals surface area contributed by atoms with Crippen molar-refractivity contribution < 1.29 is 14.3 Å². The number of halogens is 1. The van der Waals surface area contributed by atoms with Gasteiger partial charge in [-0.2, -0.15) is 5.26 Å². The van der Waals surface area contributed by atoms with Gasteiger partial charge in [0.1, 0.15) is 11.9 Å². The van der Waals surface area contributed by atoms with Crippen molar-refractivity contribution in [2.75, 3.05) is 14.1 Å². The summed E-state index contributed by atoms with van der Waals surface area (Å²) in [6.07, 6.45) is 1.38. The first-order valence-electron chi connectivity index (χ1n) is 4.77. The van der Waals surface area contributed by atoms with E-state index in [0.29, 0.717) is 0 Å². The summed E-state index contributed by atoms with van der Waals surface area (Å²) in [5, 5.41) is 17.6. The highest BCUT2D eigenvalue weighted by Gasteiger charge is 2.13. The average Bonchev–Trinajstić information content (AvgIpc) is 2.25. The lowest BCUT2D eigenvalue weighted by Gasteiger charge is -2.09. The van der Waals surface area contributed by atoms with E-state index in [2.05, 4.69) is 0 Å². The zero-order valence-electron chi connectivity index (χ0n) is 9.44. The van der Waals surface area contributed by atoms with Crippen molar-refractivity contribution in [3.05, 3.63) is 41.3 Å². The van der Waals surface area contributed by atoms with Crippen LogP contribution in [0.25, 0.3) is 5.57 Å². The molecule has 0 aromatic heterocycles. The molecule has 0 saturated heterocycles. The molecule has 0 aliphatic rings. The minimum absolute atomic E-state index is 0.0293. The Balaban J connectivity index is 3.27. The summed E-state index contributed by atoms with van der Waals surface area (Å²) in [6, 6.07) is 5.39. The Hall–Kier alpha value is -2.35. The smallest absolute Gasteiger partial charge is 0.337 e. The summed E-state index contributed by atoms with van der Waals surface area (Å²) in [6.45, 7) is 0. The van der Waals surface area contributed by atoms with E-state index >= 15 is 0 Å². The van der Waals surface area contributed by atoms with E-state index in [1.165, 1.54) is 18.3 Å². The van der Waals surface area contributed by atoms with Gasteiger partial charge in [0.2, 0.25) is 0 Å². The highest BCUT2D eigenvalue weighted by atomic mass is 19.1. The minimum atomic E-state index is -1.15. The molecular weight excluding hydrogens is 223 g/mol. The molecule has 0 fully saturated rings. The third-order valence-corrected chi connectivity index (χ3v) is 2.02. The van der Waals surface area contributed by atoms with E-state index in [4.69, 9.17) is 10.4 Å². The molecule has 0 amide bonds. The number of hydrogen-bond acceptors (Lipinski definition) is 3. The van der Waals surface area contributed by atoms with Crippen LogP contribution in [0.2, 0.25) is 0 Å². The second-order valence-electron chi connectivity index (χ2n) is 3.62. The van der Waals surface area contributed by atoms with Gasteiger partial charge in [0.05, 0.1) is 11.1 Å². The molecule has 0 bridgehead atoms. The van der Waals surface area contributed by atoms with Gasteiger partial charge in [-0.15, -0.1) is 0 Å². The molecule has 0 heterocycles. The molecule has 1 rings (SSSR count). The molecule has 0 aliphatic carbocycles. The van der Waals surface area contributed by atoms with Gasteiger partial charge in [0, 0.05) is 20.3 Å². The summed E-state index contributed by atoms with van der Waals surface area (Å²) in [4.78, 5) is 12.6. The fourth-order valence-corrected chi connectivity index (χ4v) is 1.28. The van der Waals surface area contributed by atoms with Gasteiger partial charge in [-0.1, -0.05) is 6.07 Å². The molecule has 1 N–H and O–H groups in total. The molecule has 1 aromatic carbocycles. The predicted octanol–water partition coefficient (Wildman–Crippen LogP) is 1.68. The molecule has 5 heteroatoms. The van der Waals surface area contributed by atoms with E-state index in [-0.39, 0.29) is 16.7 Å². The van der Waals surface area contributed by atoms with Crippen LogP contribution in [0.1, 0.15) is 11.1 Å². The lowest BCUT2D eigenvalue weighted by atomic mass is 10.0. The molecule has 0 spiro atoms. The van der Waals surface area contributed by atoms with Gasteiger partial charge in [0.25, 0.3) is 0 Å². The summed E-state index contributed by atoms with van der Waals surface area (Å²) in [5.74, 6) is -1.88. The van der Waals surface area contributed by atoms with Gasteiger partial charge in [-0.25, -0.2) is 9.18 Å². The van der Waals surface area contributed by atoms with Crippen LogP contribution < -0.4 is 0 Å². The zero-order chi connectivity index (χ0) is 13.0. The summed E-state index contributed by atoms with van der Waals surface area (Å²) >= 11 is 0. The molecule has 0 aliphatic heterocycles. The average molecular weight is 234 g/mol. The Morgan fingerprint density at radius 2 is 2.18 bits per heavy atom. The van der Waals surface area contributed by atoms with E-state index in [1.54, 1.807) is 25.1 Å². The zero-order valence-corrected chi connectivity index (χ0v) is 9.44. The van der Waals surface area contributed by atoms with Gasteiger partial charge in [-0.3, -0.25) is 0 Å². The second kappa shape index (κ2) is 5.12. The number of carbonyl (C=O) groups is 1. The molecule has 0 radical (unpaired) electrons. The summed E-state index contributed by atoms with van der Waals surface area (Å²) < 4.78 is 13.4. The van der Waals surface area contributed by atoms with Crippen LogP contribution in [0.15, 0.2) is 24.4 Å². The Morgan fingerprint density at radius 3 is 2.59 bits per heavy atom. The number of carboxylic acids is 1. The van der Waals surface area contributed by atoms with E-state index in [1.807, 2.05) is 0 Å². The normalized spacial score (nSPS) is 10.8. The second-order valence-corrected chi connectivity index (χ2v) is 3.62. The van der Waals surface area contributed by atoms with Crippen LogP contribution >= 0.6 is 0 Å². The van der Waals surface area contributed by atoms with Crippen LogP contribution in [0.4, 0.5) is 4.39 Å². The van der Waals surface area contributed by atoms with Crippen molar-refractivity contribution in [3.63, 3.8) is 0 Å². The molecule has 0 saturated carbocycles. The maximum absolute atomic E-state index is 13.4. The number of carboxylic acid groups (broad SMARTS) is 1. The molecule has 1 aromatic rings. The lowest BCUT2D eigenvalue weighted by Crippen LogP contribution is -2.08. The Labute approximate surface area is 98.2 Å². The van der Waals surface area contributed by atoms with Gasteiger partial charge in [-0.05, 0) is 17.7 Å². The molecule has 17 heavy (non-hydrogen) atoms. The number of benzene rings is 1. The Kier molecular flexibility index (Phi) is 3.83. The van der Waals surface area contributed by atoms with E-state index < -0.39 is 11.8 Å². The van der Waals surface area contributed by atoms with Crippen molar-refractivity contribution in [2.24, 2.45) is 0 Å². The Morgan fingerprint density at radius 1 is 1.53 bits per heavy atom. The van der Waals surface area contributed by atoms with Crippen molar-refractivity contribution in [1.29, 1.82) is 5.26 Å². The lowest BCUT2D eigenvalue weighted by molar-refractivity contribution is -0.130. The first-order valence-corrected chi connectivity index (χ1v) is 4.77. The maximum atomic E-state index is 13.4. The van der Waals surface area contributed by atoms with Crippen LogP contribution in [0, 0.1) is 17.1 Å². The monoisotopic (exact) mass is 234 g/mol. The van der Waals surface area contributed by atoms with Crippen molar-refractivity contribution >= 4 is 11.5 Å². The standard InChI is InChI=1S/C12H11FN2O2/c1-15(2)7-10(12(16)17)8-3-4-9(6-14)11(13)5-8/h3-5,7H,1-2H3,(H,16,17)/b10-7+. The Bertz CT molecular complexity index is 516. The van der Waals surface area contributed by atoms with Crippen LogP contribution in [0.3, 0.4) is 0 Å². The quantitative estimate of drug-likeness (QED) is 0.808. The van der Waals surface area contributed by atoms with E-state index in [9.17, 15) is 9.18 Å². The predicted molar refractivity (Wildman–Crippen MR) is 60.4 cm³/mol. The van der Waals surface area contributed by atoms with Gasteiger partial charge in [0.15, 0.2) is 0 Å². The maximum Gasteiger partial charge on any atom is 0.337 e. The fourth-order valence-electron chi connectivity index (χ4n) is 1.28. The van der Waals surface area contributed by atoms with Crippen molar-refractivity contribution in [3.8, 4) is 6.07 Å². The highest BCUT2D eigenvalue weighted by Crippen LogP contribution is 2.18. The van der Waals surface area contributed by atoms with Crippen molar-refractivity contribution in [1.82, 2.24) is 4.90 Å². The number of hydrogen-bond donors (Lipinski definition) is 1. The number of aliphatic carboxylic acids is 1. The number of nitrogens with zero attached hydrogens (tertiary/aromatic N) is 2. The van der Waals surface area contributed by atoms with Crippen LogP contribution in [0.5, 0.6) is 0 Å². The molecule has 0 atom stereocenters.